The van der Waals surface area contributed by atoms with Crippen LogP contribution in [0.1, 0.15) is 0 Å². The molecular weight excluding hydrogens is 347 g/mol. The molecule has 0 aliphatic carbocycles. The van der Waals surface area contributed by atoms with E-state index < -0.39 is 10.7 Å². The SMILES string of the molecule is O=[N+]([O-])c1ccc(Oc2nc(Br)cn3ccnc23)c(F)c1. The Morgan fingerprint density at radius 1 is 1.43 bits per heavy atom. The third kappa shape index (κ3) is 2.55. The number of hydrogen-bond acceptors (Lipinski definition) is 5. The van der Waals surface area contributed by atoms with Crippen LogP contribution in [-0.4, -0.2) is 19.3 Å². The van der Waals surface area contributed by atoms with Gasteiger partial charge in [-0.15, -0.1) is 0 Å². The molecule has 0 fully saturated rings. The maximum Gasteiger partial charge on any atom is 0.272 e. The van der Waals surface area contributed by atoms with Crippen LogP contribution in [0.5, 0.6) is 11.6 Å². The van der Waals surface area contributed by atoms with E-state index >= 15 is 0 Å². The molecule has 1 aromatic carbocycles. The van der Waals surface area contributed by atoms with Gasteiger partial charge in [-0.3, -0.25) is 14.5 Å². The minimum absolute atomic E-state index is 0.0853. The summed E-state index contributed by atoms with van der Waals surface area (Å²) >= 11 is 3.21. The molecule has 0 saturated heterocycles. The number of ether oxygens (including phenoxy) is 1. The van der Waals surface area contributed by atoms with Crippen LogP contribution in [0.2, 0.25) is 0 Å². The molecule has 106 valence electrons. The highest BCUT2D eigenvalue weighted by atomic mass is 79.9. The number of fused-ring (bicyclic) bond motifs is 1. The molecule has 7 nitrogen and oxygen atoms in total. The van der Waals surface area contributed by atoms with Crippen molar-refractivity contribution in [2.75, 3.05) is 0 Å². The largest absolute Gasteiger partial charge is 0.433 e. The number of nitrogens with zero attached hydrogens (tertiary/aromatic N) is 4. The van der Waals surface area contributed by atoms with Gasteiger partial charge in [-0.1, -0.05) is 0 Å². The van der Waals surface area contributed by atoms with Crippen molar-refractivity contribution in [3.05, 3.63) is 57.3 Å². The number of nitro groups is 1. The molecule has 0 radical (unpaired) electrons. The van der Waals surface area contributed by atoms with Crippen LogP contribution in [-0.2, 0) is 0 Å². The number of rotatable bonds is 3. The van der Waals surface area contributed by atoms with E-state index in [2.05, 4.69) is 25.9 Å². The lowest BCUT2D eigenvalue weighted by molar-refractivity contribution is -0.385. The fraction of sp³-hybridized carbons (Fsp3) is 0. The maximum absolute atomic E-state index is 13.8. The van der Waals surface area contributed by atoms with Crippen LogP contribution in [0.3, 0.4) is 0 Å². The van der Waals surface area contributed by atoms with Crippen LogP contribution in [0.25, 0.3) is 5.65 Å². The van der Waals surface area contributed by atoms with Crippen molar-refractivity contribution in [3.8, 4) is 11.6 Å². The van der Waals surface area contributed by atoms with Crippen LogP contribution < -0.4 is 4.74 Å². The second-order valence-electron chi connectivity index (χ2n) is 4.00. The molecule has 3 rings (SSSR count). The number of halogens is 2. The Bertz CT molecular complexity index is 852. The van der Waals surface area contributed by atoms with Crippen molar-refractivity contribution in [2.24, 2.45) is 0 Å². The van der Waals surface area contributed by atoms with Crippen molar-refractivity contribution >= 4 is 27.3 Å². The van der Waals surface area contributed by atoms with E-state index in [9.17, 15) is 14.5 Å². The highest BCUT2D eigenvalue weighted by Gasteiger charge is 2.15. The maximum atomic E-state index is 13.8. The molecule has 3 aromatic rings. The highest BCUT2D eigenvalue weighted by Crippen LogP contribution is 2.29. The summed E-state index contributed by atoms with van der Waals surface area (Å²) in [6.45, 7) is 0. The first-order chi connectivity index (χ1) is 10.0. The first-order valence-electron chi connectivity index (χ1n) is 5.65. The molecule has 0 amide bonds. The molecule has 0 aliphatic rings. The summed E-state index contributed by atoms with van der Waals surface area (Å²) in [5, 5.41) is 10.6. The number of nitro benzene ring substituents is 1. The average molecular weight is 353 g/mol. The third-order valence-electron chi connectivity index (χ3n) is 2.65. The molecule has 0 atom stereocenters. The molecule has 21 heavy (non-hydrogen) atoms. The monoisotopic (exact) mass is 352 g/mol. The summed E-state index contributed by atoms with van der Waals surface area (Å²) in [5.41, 5.74) is 0.0453. The van der Waals surface area contributed by atoms with Crippen LogP contribution in [0.15, 0.2) is 41.4 Å². The molecule has 9 heteroatoms. The minimum atomic E-state index is -0.851. The summed E-state index contributed by atoms with van der Waals surface area (Å²) in [7, 11) is 0. The lowest BCUT2D eigenvalue weighted by Gasteiger charge is -2.07. The zero-order valence-corrected chi connectivity index (χ0v) is 11.8. The Hall–Kier alpha value is -2.55. The fourth-order valence-electron chi connectivity index (χ4n) is 1.73. The van der Waals surface area contributed by atoms with Crippen molar-refractivity contribution in [1.29, 1.82) is 0 Å². The standard InChI is InChI=1S/C12H6BrFN4O3/c13-10-6-17-4-3-15-11(17)12(16-10)21-9-2-1-7(18(19)20)5-8(9)14/h1-6H. The first-order valence-corrected chi connectivity index (χ1v) is 6.45. The predicted molar refractivity (Wildman–Crippen MR) is 73.8 cm³/mol. The average Bonchev–Trinajstić information content (AvgIpc) is 2.88. The van der Waals surface area contributed by atoms with Gasteiger partial charge in [-0.05, 0) is 22.0 Å². The van der Waals surface area contributed by atoms with E-state index in [-0.39, 0.29) is 17.3 Å². The van der Waals surface area contributed by atoms with Crippen LogP contribution in [0, 0.1) is 15.9 Å². The van der Waals surface area contributed by atoms with Crippen molar-refractivity contribution < 1.29 is 14.1 Å². The number of benzene rings is 1. The molecule has 0 spiro atoms. The lowest BCUT2D eigenvalue weighted by Crippen LogP contribution is -1.97. The molecule has 0 bridgehead atoms. The summed E-state index contributed by atoms with van der Waals surface area (Å²) in [6.07, 6.45) is 4.89. The van der Waals surface area contributed by atoms with Crippen molar-refractivity contribution in [1.82, 2.24) is 14.4 Å². The fourth-order valence-corrected chi connectivity index (χ4v) is 2.11. The van der Waals surface area contributed by atoms with Gasteiger partial charge >= 0.3 is 0 Å². The van der Waals surface area contributed by atoms with E-state index in [1.54, 1.807) is 23.0 Å². The number of hydrogen-bond donors (Lipinski definition) is 0. The van der Waals surface area contributed by atoms with Gasteiger partial charge in [0, 0.05) is 24.7 Å². The quantitative estimate of drug-likeness (QED) is 0.533. The smallest absolute Gasteiger partial charge is 0.272 e. The van der Waals surface area contributed by atoms with E-state index in [0.717, 1.165) is 12.1 Å². The van der Waals surface area contributed by atoms with Gasteiger partial charge in [0.05, 0.1) is 11.0 Å². The highest BCUT2D eigenvalue weighted by molar-refractivity contribution is 9.10. The van der Waals surface area contributed by atoms with E-state index in [0.29, 0.717) is 10.3 Å². The van der Waals surface area contributed by atoms with Crippen LogP contribution in [0.4, 0.5) is 10.1 Å². The van der Waals surface area contributed by atoms with Crippen LogP contribution >= 0.6 is 15.9 Å². The molecule has 2 heterocycles. The second-order valence-corrected chi connectivity index (χ2v) is 4.81. The number of aromatic nitrogens is 3. The van der Waals surface area contributed by atoms with Gasteiger partial charge in [-0.2, -0.15) is 0 Å². The Kier molecular flexibility index (Phi) is 3.26. The van der Waals surface area contributed by atoms with Gasteiger partial charge in [0.15, 0.2) is 11.6 Å². The predicted octanol–water partition coefficient (Wildman–Crippen LogP) is 3.33. The zero-order chi connectivity index (χ0) is 15.0. The molecule has 0 N–H and O–H groups in total. The Morgan fingerprint density at radius 2 is 2.24 bits per heavy atom. The Balaban J connectivity index is 2.02. The van der Waals surface area contributed by atoms with Gasteiger partial charge in [0.2, 0.25) is 5.65 Å². The topological polar surface area (TPSA) is 82.6 Å². The summed E-state index contributed by atoms with van der Waals surface area (Å²) in [5.74, 6) is -0.936. The summed E-state index contributed by atoms with van der Waals surface area (Å²) < 4.78 is 21.3. The molecule has 2 aromatic heterocycles. The van der Waals surface area contributed by atoms with Gasteiger partial charge in [-0.25, -0.2) is 14.4 Å². The van der Waals surface area contributed by atoms with Crippen molar-refractivity contribution in [3.63, 3.8) is 0 Å². The van der Waals surface area contributed by atoms with Gasteiger partial charge in [0.25, 0.3) is 11.6 Å². The van der Waals surface area contributed by atoms with Gasteiger partial charge in [0.1, 0.15) is 4.60 Å². The molecule has 0 aliphatic heterocycles. The summed E-state index contributed by atoms with van der Waals surface area (Å²) in [6, 6.07) is 3.12. The molecule has 0 unspecified atom stereocenters. The van der Waals surface area contributed by atoms with E-state index in [4.69, 9.17) is 4.74 Å². The summed E-state index contributed by atoms with van der Waals surface area (Å²) in [4.78, 5) is 18.0. The minimum Gasteiger partial charge on any atom is -0.433 e. The zero-order valence-electron chi connectivity index (χ0n) is 10.2. The van der Waals surface area contributed by atoms with E-state index in [1.165, 1.54) is 6.07 Å². The molecular formula is C12H6BrFN4O3. The number of imidazole rings is 1. The second kappa shape index (κ2) is 5.09. The Morgan fingerprint density at radius 3 is 2.95 bits per heavy atom. The van der Waals surface area contributed by atoms with Crippen molar-refractivity contribution in [2.45, 2.75) is 0 Å². The third-order valence-corrected chi connectivity index (χ3v) is 3.03. The first kappa shape index (κ1) is 13.4. The number of non-ortho nitro benzene ring substituents is 1. The molecule has 0 saturated carbocycles. The Labute approximate surface area is 125 Å². The van der Waals surface area contributed by atoms with Gasteiger partial charge < -0.3 is 4.74 Å². The lowest BCUT2D eigenvalue weighted by atomic mass is 10.3. The van der Waals surface area contributed by atoms with E-state index in [1.807, 2.05) is 0 Å². The normalized spacial score (nSPS) is 10.8.